The zero-order chi connectivity index (χ0) is 25.7. The Morgan fingerprint density at radius 1 is 1.22 bits per heavy atom. The van der Waals surface area contributed by atoms with Crippen molar-refractivity contribution in [3.63, 3.8) is 0 Å². The number of morpholine rings is 1. The summed E-state index contributed by atoms with van der Waals surface area (Å²) >= 11 is 0. The molecule has 8 nitrogen and oxygen atoms in total. The van der Waals surface area contributed by atoms with Crippen LogP contribution in [0.2, 0.25) is 0 Å². The van der Waals surface area contributed by atoms with Gasteiger partial charge in [0.2, 0.25) is 0 Å². The maximum atomic E-state index is 15.8. The molecule has 2 aliphatic heterocycles. The van der Waals surface area contributed by atoms with E-state index in [2.05, 4.69) is 15.2 Å². The normalized spacial score (nSPS) is 38.8. The zero-order valence-corrected chi connectivity index (χ0v) is 22.0. The van der Waals surface area contributed by atoms with E-state index in [4.69, 9.17) is 4.74 Å². The molecule has 9 unspecified atom stereocenters. The summed E-state index contributed by atoms with van der Waals surface area (Å²) in [7, 11) is 3.35. The van der Waals surface area contributed by atoms with E-state index >= 15 is 4.39 Å². The van der Waals surface area contributed by atoms with Crippen molar-refractivity contribution in [1.82, 2.24) is 24.7 Å². The van der Waals surface area contributed by atoms with Crippen LogP contribution >= 0.6 is 0 Å². The molecule has 0 radical (unpaired) electrons. The first-order valence-corrected chi connectivity index (χ1v) is 14.2. The molecule has 5 aliphatic rings. The summed E-state index contributed by atoms with van der Waals surface area (Å²) < 4.78 is 24.7. The maximum Gasteiger partial charge on any atom is 0.258 e. The Kier molecular flexibility index (Phi) is 6.86. The van der Waals surface area contributed by atoms with Crippen LogP contribution in [0.3, 0.4) is 0 Å². The Morgan fingerprint density at radius 2 is 2.05 bits per heavy atom. The minimum atomic E-state index is -1.21. The van der Waals surface area contributed by atoms with Crippen LogP contribution in [-0.2, 0) is 20.9 Å². The zero-order valence-electron chi connectivity index (χ0n) is 22.0. The van der Waals surface area contributed by atoms with E-state index in [1.807, 2.05) is 17.0 Å². The van der Waals surface area contributed by atoms with Gasteiger partial charge in [0.25, 0.3) is 5.91 Å². The van der Waals surface area contributed by atoms with Crippen molar-refractivity contribution >= 4 is 11.7 Å². The lowest BCUT2D eigenvalue weighted by molar-refractivity contribution is -0.215. The lowest BCUT2D eigenvalue weighted by Gasteiger charge is -2.62. The van der Waals surface area contributed by atoms with Crippen LogP contribution in [0.5, 0.6) is 0 Å². The quantitative estimate of drug-likeness (QED) is 0.465. The molecule has 202 valence electrons. The number of imidazole rings is 1. The van der Waals surface area contributed by atoms with E-state index < -0.39 is 24.2 Å². The number of aryl methyl sites for hydroxylation is 1. The fourth-order valence-electron chi connectivity index (χ4n) is 7.99. The molecular weight excluding hydrogens is 473 g/mol. The van der Waals surface area contributed by atoms with Gasteiger partial charge in [-0.25, -0.2) is 9.37 Å². The molecular formula is C28H40FN5O3. The molecule has 4 fully saturated rings. The molecule has 37 heavy (non-hydrogen) atoms. The van der Waals surface area contributed by atoms with Crippen molar-refractivity contribution in [2.45, 2.75) is 94.4 Å². The maximum absolute atomic E-state index is 15.8. The first-order valence-electron chi connectivity index (χ1n) is 14.2. The van der Waals surface area contributed by atoms with Gasteiger partial charge in [0.05, 0.1) is 42.2 Å². The molecule has 1 aromatic heterocycles. The van der Waals surface area contributed by atoms with Gasteiger partial charge in [-0.1, -0.05) is 19.3 Å². The Morgan fingerprint density at radius 3 is 2.84 bits per heavy atom. The predicted molar refractivity (Wildman–Crippen MR) is 136 cm³/mol. The van der Waals surface area contributed by atoms with Crippen LogP contribution < -0.4 is 5.32 Å². The van der Waals surface area contributed by atoms with Gasteiger partial charge in [-0.15, -0.1) is 0 Å². The number of alkyl halides is 1. The van der Waals surface area contributed by atoms with Gasteiger partial charge >= 0.3 is 0 Å². The average Bonchev–Trinajstić information content (AvgIpc) is 3.42. The first-order chi connectivity index (χ1) is 17.9. The van der Waals surface area contributed by atoms with Crippen LogP contribution in [0.1, 0.15) is 51.4 Å². The minimum absolute atomic E-state index is 0.00181. The molecule has 9 heteroatoms. The lowest BCUT2D eigenvalue weighted by Crippen LogP contribution is -2.74. The van der Waals surface area contributed by atoms with Gasteiger partial charge in [-0.3, -0.25) is 9.59 Å². The summed E-state index contributed by atoms with van der Waals surface area (Å²) in [5.41, 5.74) is 0.211. The van der Waals surface area contributed by atoms with Crippen molar-refractivity contribution in [1.29, 1.82) is 0 Å². The summed E-state index contributed by atoms with van der Waals surface area (Å²) in [5, 5.41) is 3.47. The summed E-state index contributed by atoms with van der Waals surface area (Å²) in [4.78, 5) is 34.6. The Labute approximate surface area is 218 Å². The predicted octanol–water partition coefficient (Wildman–Crippen LogP) is 2.55. The van der Waals surface area contributed by atoms with Gasteiger partial charge in [0.1, 0.15) is 6.17 Å². The van der Waals surface area contributed by atoms with Crippen molar-refractivity contribution in [3.8, 4) is 0 Å². The topological polar surface area (TPSA) is 79.7 Å². The SMILES string of the molecule is CN(C)C(=O)C1=CN2C3C(CCC4CCCCC43)OC3C(NCCCn4ccnc4)C(F)CC(C1=O)C32. The summed E-state index contributed by atoms with van der Waals surface area (Å²) in [6.45, 7) is 1.47. The average molecular weight is 514 g/mol. The summed E-state index contributed by atoms with van der Waals surface area (Å²) in [5.74, 6) is 0.109. The summed E-state index contributed by atoms with van der Waals surface area (Å²) in [6, 6.07) is -0.547. The fourth-order valence-corrected chi connectivity index (χ4v) is 7.99. The number of halogens is 1. The number of ketones is 1. The number of rotatable bonds is 6. The van der Waals surface area contributed by atoms with Crippen LogP contribution in [-0.4, -0.2) is 88.2 Å². The third-order valence-corrected chi connectivity index (χ3v) is 9.65. The van der Waals surface area contributed by atoms with E-state index in [9.17, 15) is 9.59 Å². The number of fused-ring (bicyclic) bond motifs is 4. The van der Waals surface area contributed by atoms with E-state index in [-0.39, 0.29) is 41.9 Å². The van der Waals surface area contributed by atoms with Crippen molar-refractivity contribution in [3.05, 3.63) is 30.5 Å². The molecule has 1 amide bonds. The minimum Gasteiger partial charge on any atom is -0.369 e. The molecule has 1 saturated heterocycles. The van der Waals surface area contributed by atoms with Crippen LogP contribution in [0, 0.1) is 17.8 Å². The first kappa shape index (κ1) is 25.0. The van der Waals surface area contributed by atoms with Crippen molar-refractivity contribution in [2.24, 2.45) is 17.8 Å². The number of hydrogen-bond donors (Lipinski definition) is 1. The number of carbonyl (C=O) groups is 2. The number of Topliss-reactive ketones (excluding diaryl/α,β-unsaturated/α-hetero) is 1. The standard InChI is InChI=1S/C28H40FN5O3/c1-32(2)28(36)20-15-34-24-18-7-4-3-6-17(18)8-9-22(24)37-27-23(21(29)14-19(25(27)34)26(20)35)31-10-5-12-33-13-11-30-16-33/h11,13,15-19,21-25,27,31H,3-10,12,14H2,1-2H3. The van der Waals surface area contributed by atoms with E-state index in [0.717, 1.165) is 32.2 Å². The lowest BCUT2D eigenvalue weighted by atomic mass is 9.63. The molecule has 3 aliphatic carbocycles. The highest BCUT2D eigenvalue weighted by Crippen LogP contribution is 2.51. The second-order valence-corrected chi connectivity index (χ2v) is 12.0. The van der Waals surface area contributed by atoms with Crippen LogP contribution in [0.4, 0.5) is 4.39 Å². The second kappa shape index (κ2) is 10.1. The van der Waals surface area contributed by atoms with Gasteiger partial charge in [0, 0.05) is 45.2 Å². The number of hydrogen-bond acceptors (Lipinski definition) is 6. The highest BCUT2D eigenvalue weighted by Gasteiger charge is 2.60. The van der Waals surface area contributed by atoms with Crippen molar-refractivity contribution < 1.29 is 18.7 Å². The van der Waals surface area contributed by atoms with Crippen LogP contribution in [0.25, 0.3) is 0 Å². The molecule has 0 bridgehead atoms. The monoisotopic (exact) mass is 513 g/mol. The number of carbonyl (C=O) groups excluding carboxylic acids is 2. The fraction of sp³-hybridized carbons (Fsp3) is 0.750. The van der Waals surface area contributed by atoms with Gasteiger partial charge in [-0.05, 0) is 50.5 Å². The molecule has 6 rings (SSSR count). The van der Waals surface area contributed by atoms with Crippen molar-refractivity contribution in [2.75, 3.05) is 20.6 Å². The molecule has 0 aromatic carbocycles. The second-order valence-electron chi connectivity index (χ2n) is 12.0. The molecule has 1 N–H and O–H groups in total. The number of ether oxygens (including phenoxy) is 1. The molecule has 1 aromatic rings. The number of likely N-dealkylation sites (N-methyl/N-ethyl adjacent to an activating group) is 1. The molecule has 3 saturated carbocycles. The Hall–Kier alpha value is -2.26. The third kappa shape index (κ3) is 4.42. The highest BCUT2D eigenvalue weighted by atomic mass is 19.1. The summed E-state index contributed by atoms with van der Waals surface area (Å²) in [6.07, 6.45) is 13.7. The highest BCUT2D eigenvalue weighted by molar-refractivity contribution is 6.20. The van der Waals surface area contributed by atoms with Gasteiger partial charge < -0.3 is 24.4 Å². The van der Waals surface area contributed by atoms with E-state index in [1.54, 1.807) is 26.6 Å². The molecule has 3 heterocycles. The van der Waals surface area contributed by atoms with Crippen LogP contribution in [0.15, 0.2) is 30.5 Å². The Bertz CT molecular complexity index is 1030. The molecule has 9 atom stereocenters. The molecule has 0 spiro atoms. The Balaban J connectivity index is 1.30. The number of aromatic nitrogens is 2. The third-order valence-electron chi connectivity index (χ3n) is 9.65. The van der Waals surface area contributed by atoms with Gasteiger partial charge in [-0.2, -0.15) is 0 Å². The van der Waals surface area contributed by atoms with E-state index in [0.29, 0.717) is 18.4 Å². The number of nitrogens with one attached hydrogen (secondary N) is 1. The van der Waals surface area contributed by atoms with Gasteiger partial charge in [0.15, 0.2) is 5.78 Å². The smallest absolute Gasteiger partial charge is 0.258 e. The van der Waals surface area contributed by atoms with E-state index in [1.165, 1.54) is 24.2 Å². The number of nitrogens with zero attached hydrogens (tertiary/aromatic N) is 4. The largest absolute Gasteiger partial charge is 0.369 e. The number of amides is 1.